The van der Waals surface area contributed by atoms with Crippen molar-refractivity contribution in [2.75, 3.05) is 13.2 Å². The van der Waals surface area contributed by atoms with Crippen molar-refractivity contribution in [2.24, 2.45) is 0 Å². The maximum absolute atomic E-state index is 10.9. The molecule has 0 aliphatic rings. The summed E-state index contributed by atoms with van der Waals surface area (Å²) in [6.45, 7) is 6.27. The number of aliphatic hydroxyl groups excluding tert-OH is 1. The van der Waals surface area contributed by atoms with Crippen LogP contribution < -0.4 is 10.1 Å². The van der Waals surface area contributed by atoms with Gasteiger partial charge in [0.1, 0.15) is 11.5 Å². The van der Waals surface area contributed by atoms with E-state index in [9.17, 15) is 15.0 Å². The van der Waals surface area contributed by atoms with Gasteiger partial charge in [0.05, 0.1) is 17.8 Å². The third-order valence-electron chi connectivity index (χ3n) is 2.51. The minimum absolute atomic E-state index is 0.0397. The average Bonchev–Trinajstić information content (AvgIpc) is 2.35. The van der Waals surface area contributed by atoms with Crippen LogP contribution in [0.1, 0.15) is 37.6 Å². The van der Waals surface area contributed by atoms with E-state index in [1.807, 2.05) is 20.8 Å². The molecule has 0 saturated carbocycles. The highest BCUT2D eigenvalue weighted by molar-refractivity contribution is 5.88. The molecule has 0 aliphatic heterocycles. The van der Waals surface area contributed by atoms with Crippen molar-refractivity contribution >= 4 is 5.97 Å². The Hall–Kier alpha value is -1.83. The number of benzene rings is 1. The minimum atomic E-state index is -1.13. The van der Waals surface area contributed by atoms with Gasteiger partial charge in [-0.15, -0.1) is 0 Å². The smallest absolute Gasteiger partial charge is 0.335 e. The van der Waals surface area contributed by atoms with Gasteiger partial charge in [-0.05, 0) is 39.3 Å². The molecule has 0 fully saturated rings. The van der Waals surface area contributed by atoms with Gasteiger partial charge >= 0.3 is 5.97 Å². The summed E-state index contributed by atoms with van der Waals surface area (Å²) in [5.41, 5.74) is -0.486. The second-order valence-electron chi connectivity index (χ2n) is 5.76. The summed E-state index contributed by atoms with van der Waals surface area (Å²) < 4.78 is 10.6. The van der Waals surface area contributed by atoms with E-state index < -0.39 is 18.0 Å². The number of hydrogen-bond acceptors (Lipinski definition) is 6. The Balaban J connectivity index is 2.32. The first-order chi connectivity index (χ1) is 10.2. The van der Waals surface area contributed by atoms with Crippen LogP contribution >= 0.6 is 0 Å². The topological polar surface area (TPSA) is 108 Å². The van der Waals surface area contributed by atoms with E-state index >= 15 is 0 Å². The number of nitrogens with one attached hydrogen (secondary N) is 1. The molecule has 4 N–H and O–H groups in total. The molecule has 1 unspecified atom stereocenters. The third kappa shape index (κ3) is 7.26. The quantitative estimate of drug-likeness (QED) is 0.426. The van der Waals surface area contributed by atoms with Crippen molar-refractivity contribution < 1.29 is 29.6 Å². The van der Waals surface area contributed by atoms with E-state index in [0.717, 1.165) is 6.07 Å². The number of aromatic hydroxyl groups is 1. The van der Waals surface area contributed by atoms with Crippen LogP contribution in [-0.2, 0) is 4.74 Å². The van der Waals surface area contributed by atoms with E-state index in [1.54, 1.807) is 0 Å². The van der Waals surface area contributed by atoms with E-state index in [2.05, 4.69) is 5.32 Å². The number of phenols is 1. The zero-order valence-electron chi connectivity index (χ0n) is 13.0. The van der Waals surface area contributed by atoms with Crippen molar-refractivity contribution in [2.45, 2.75) is 39.2 Å². The van der Waals surface area contributed by atoms with E-state index in [0.29, 0.717) is 19.6 Å². The Morgan fingerprint density at radius 1 is 1.32 bits per heavy atom. The number of rotatable bonds is 8. The molecule has 0 bridgehead atoms. The average molecular weight is 313 g/mol. The summed E-state index contributed by atoms with van der Waals surface area (Å²) in [4.78, 5) is 10.9. The number of aromatic carboxylic acids is 1. The fourth-order valence-electron chi connectivity index (χ4n) is 1.65. The van der Waals surface area contributed by atoms with E-state index in [1.165, 1.54) is 12.1 Å². The van der Waals surface area contributed by atoms with Crippen molar-refractivity contribution in [3.8, 4) is 11.5 Å². The first-order valence-corrected chi connectivity index (χ1v) is 6.97. The van der Waals surface area contributed by atoms with Crippen molar-refractivity contribution in [3.63, 3.8) is 0 Å². The van der Waals surface area contributed by atoms with E-state index in [-0.39, 0.29) is 17.1 Å². The summed E-state index contributed by atoms with van der Waals surface area (Å²) in [6, 6.07) is 3.83. The van der Waals surface area contributed by atoms with Crippen LogP contribution in [0.25, 0.3) is 0 Å². The number of phenolic OH excluding ortho intramolecular Hbond substituents is 1. The lowest BCUT2D eigenvalue weighted by Gasteiger charge is -2.24. The lowest BCUT2D eigenvalue weighted by Crippen LogP contribution is -2.38. The number of carboxylic acid groups (broad SMARTS) is 1. The Kier molecular flexibility index (Phi) is 6.61. The van der Waals surface area contributed by atoms with Crippen molar-refractivity contribution in [3.05, 3.63) is 23.8 Å². The fourth-order valence-corrected chi connectivity index (χ4v) is 1.65. The Morgan fingerprint density at radius 3 is 2.59 bits per heavy atom. The third-order valence-corrected chi connectivity index (χ3v) is 2.51. The normalized spacial score (nSPS) is 12.9. The number of ether oxygens (including phenoxy) is 2. The predicted molar refractivity (Wildman–Crippen MR) is 80.0 cm³/mol. The summed E-state index contributed by atoms with van der Waals surface area (Å²) in [5.74, 6) is -1.02. The lowest BCUT2D eigenvalue weighted by atomic mass is 10.2. The SMILES string of the molecule is CC(C)(C)OC(O)NCCCOc1cc(O)cc(C(=O)O)c1. The van der Waals surface area contributed by atoms with Crippen LogP contribution in [-0.4, -0.2) is 46.5 Å². The largest absolute Gasteiger partial charge is 0.508 e. The molecule has 0 spiro atoms. The van der Waals surface area contributed by atoms with Gasteiger partial charge in [0.15, 0.2) is 0 Å². The lowest BCUT2D eigenvalue weighted by molar-refractivity contribution is -0.181. The molecule has 0 radical (unpaired) electrons. The van der Waals surface area contributed by atoms with Crippen molar-refractivity contribution in [1.82, 2.24) is 5.32 Å². The number of carboxylic acids is 1. The van der Waals surface area contributed by atoms with Gasteiger partial charge in [0.2, 0.25) is 6.41 Å². The molecule has 22 heavy (non-hydrogen) atoms. The van der Waals surface area contributed by atoms with Gasteiger partial charge < -0.3 is 24.8 Å². The second kappa shape index (κ2) is 7.98. The molecule has 7 nitrogen and oxygen atoms in total. The van der Waals surface area contributed by atoms with Crippen LogP contribution in [0.15, 0.2) is 18.2 Å². The first kappa shape index (κ1) is 18.2. The van der Waals surface area contributed by atoms with Gasteiger partial charge in [-0.2, -0.15) is 0 Å². The highest BCUT2D eigenvalue weighted by Gasteiger charge is 2.15. The Bertz CT molecular complexity index is 497. The molecule has 7 heteroatoms. The number of aliphatic hydroxyl groups is 1. The predicted octanol–water partition coefficient (Wildman–Crippen LogP) is 1.54. The monoisotopic (exact) mass is 313 g/mol. The molecule has 0 heterocycles. The Morgan fingerprint density at radius 2 is 2.00 bits per heavy atom. The summed E-state index contributed by atoms with van der Waals surface area (Å²) in [5, 5.41) is 30.6. The van der Waals surface area contributed by atoms with E-state index in [4.69, 9.17) is 14.6 Å². The molecule has 1 aromatic rings. The van der Waals surface area contributed by atoms with Crippen LogP contribution in [0, 0.1) is 0 Å². The van der Waals surface area contributed by atoms with Crippen LogP contribution in [0.3, 0.4) is 0 Å². The minimum Gasteiger partial charge on any atom is -0.508 e. The molecule has 0 amide bonds. The molecule has 1 rings (SSSR count). The van der Waals surface area contributed by atoms with Gasteiger partial charge in [-0.25, -0.2) is 4.79 Å². The fraction of sp³-hybridized carbons (Fsp3) is 0.533. The molecular formula is C15H23NO6. The van der Waals surface area contributed by atoms with Gasteiger partial charge in [-0.1, -0.05) is 0 Å². The molecule has 0 aromatic heterocycles. The Labute approximate surface area is 129 Å². The second-order valence-corrected chi connectivity index (χ2v) is 5.76. The summed E-state index contributed by atoms with van der Waals surface area (Å²) in [7, 11) is 0. The molecule has 0 saturated heterocycles. The maximum Gasteiger partial charge on any atom is 0.335 e. The molecule has 0 aliphatic carbocycles. The number of hydrogen-bond donors (Lipinski definition) is 4. The molecular weight excluding hydrogens is 290 g/mol. The highest BCUT2D eigenvalue weighted by Crippen LogP contribution is 2.21. The summed E-state index contributed by atoms with van der Waals surface area (Å²) >= 11 is 0. The van der Waals surface area contributed by atoms with Crippen molar-refractivity contribution in [1.29, 1.82) is 0 Å². The molecule has 124 valence electrons. The first-order valence-electron chi connectivity index (χ1n) is 6.97. The zero-order chi connectivity index (χ0) is 16.8. The van der Waals surface area contributed by atoms with Gasteiger partial charge in [0.25, 0.3) is 0 Å². The van der Waals surface area contributed by atoms with Crippen LogP contribution in [0.2, 0.25) is 0 Å². The number of carbonyl (C=O) groups is 1. The van der Waals surface area contributed by atoms with Gasteiger partial charge in [0, 0.05) is 12.6 Å². The summed E-state index contributed by atoms with van der Waals surface area (Å²) in [6.07, 6.45) is -0.484. The highest BCUT2D eigenvalue weighted by atomic mass is 16.6. The standard InChI is InChI=1S/C15H23NO6/c1-15(2,3)22-14(20)16-5-4-6-21-12-8-10(13(18)19)7-11(17)9-12/h7-9,14,16-17,20H,4-6H2,1-3H3,(H,18,19). The zero-order valence-corrected chi connectivity index (χ0v) is 13.0. The van der Waals surface area contributed by atoms with Gasteiger partial charge in [-0.3, -0.25) is 5.32 Å². The molecule has 1 atom stereocenters. The van der Waals surface area contributed by atoms with Crippen LogP contribution in [0.4, 0.5) is 0 Å². The van der Waals surface area contributed by atoms with Crippen LogP contribution in [0.5, 0.6) is 11.5 Å². The molecule has 1 aromatic carbocycles. The maximum atomic E-state index is 10.9.